The highest BCUT2D eigenvalue weighted by atomic mass is 19.1. The fourth-order valence-electron chi connectivity index (χ4n) is 1.82. The first-order valence-electron chi connectivity index (χ1n) is 5.77. The Kier molecular flexibility index (Phi) is 4.03. The molecule has 92 valence electrons. The number of aromatic nitrogens is 1. The van der Waals surface area contributed by atoms with Crippen molar-refractivity contribution < 1.29 is 13.9 Å². The molecule has 0 bridgehead atoms. The molecule has 1 aromatic heterocycles. The molecule has 0 spiro atoms. The van der Waals surface area contributed by atoms with Gasteiger partial charge in [0.05, 0.1) is 6.10 Å². The van der Waals surface area contributed by atoms with Crippen molar-refractivity contribution in [2.75, 3.05) is 13.2 Å². The molecular formula is C12H15FN2O2. The van der Waals surface area contributed by atoms with Crippen molar-refractivity contribution in [1.82, 2.24) is 10.3 Å². The zero-order chi connectivity index (χ0) is 12.1. The van der Waals surface area contributed by atoms with Gasteiger partial charge < -0.3 is 10.1 Å². The van der Waals surface area contributed by atoms with E-state index in [1.807, 2.05) is 0 Å². The van der Waals surface area contributed by atoms with E-state index in [4.69, 9.17) is 4.74 Å². The smallest absolute Gasteiger partial charge is 0.251 e. The highest BCUT2D eigenvalue weighted by molar-refractivity contribution is 5.93. The number of hydrogen-bond donors (Lipinski definition) is 1. The Labute approximate surface area is 99.2 Å². The lowest BCUT2D eigenvalue weighted by Crippen LogP contribution is -2.35. The quantitative estimate of drug-likeness (QED) is 0.812. The molecule has 5 heteroatoms. The number of amides is 1. The fraction of sp³-hybridized carbons (Fsp3) is 0.500. The van der Waals surface area contributed by atoms with Gasteiger partial charge in [0.15, 0.2) is 0 Å². The standard InChI is InChI=1S/C12H15FN2O2/c13-11-7-9(4-5-14-11)12(16)15-8-10-3-1-2-6-17-10/h4-5,7,10H,1-3,6,8H2,(H,15,16). The zero-order valence-electron chi connectivity index (χ0n) is 9.49. The molecule has 2 rings (SSSR count). The molecule has 1 amide bonds. The Balaban J connectivity index is 1.84. The highest BCUT2D eigenvalue weighted by Crippen LogP contribution is 2.11. The minimum atomic E-state index is -0.647. The largest absolute Gasteiger partial charge is 0.376 e. The van der Waals surface area contributed by atoms with Gasteiger partial charge in [0.25, 0.3) is 5.91 Å². The summed E-state index contributed by atoms with van der Waals surface area (Å²) in [6, 6.07) is 2.61. The average molecular weight is 238 g/mol. The first kappa shape index (κ1) is 12.0. The van der Waals surface area contributed by atoms with Crippen molar-refractivity contribution in [2.24, 2.45) is 0 Å². The fourth-order valence-corrected chi connectivity index (χ4v) is 1.82. The summed E-state index contributed by atoms with van der Waals surface area (Å²) in [6.45, 7) is 1.23. The number of ether oxygens (including phenoxy) is 1. The Bertz CT molecular complexity index is 392. The van der Waals surface area contributed by atoms with Gasteiger partial charge in [-0.25, -0.2) is 4.98 Å². The first-order chi connectivity index (χ1) is 8.25. The van der Waals surface area contributed by atoms with Crippen LogP contribution in [0.2, 0.25) is 0 Å². The van der Waals surface area contributed by atoms with Crippen molar-refractivity contribution in [1.29, 1.82) is 0 Å². The molecule has 1 saturated heterocycles. The van der Waals surface area contributed by atoms with Crippen LogP contribution in [-0.2, 0) is 4.74 Å². The molecule has 0 aliphatic carbocycles. The third-order valence-corrected chi connectivity index (χ3v) is 2.75. The third kappa shape index (κ3) is 3.49. The Morgan fingerprint density at radius 1 is 1.59 bits per heavy atom. The highest BCUT2D eigenvalue weighted by Gasteiger charge is 2.15. The van der Waals surface area contributed by atoms with Gasteiger partial charge in [0.1, 0.15) is 0 Å². The van der Waals surface area contributed by atoms with Crippen molar-refractivity contribution in [2.45, 2.75) is 25.4 Å². The lowest BCUT2D eigenvalue weighted by atomic mass is 10.1. The summed E-state index contributed by atoms with van der Waals surface area (Å²) in [5.74, 6) is -0.938. The van der Waals surface area contributed by atoms with Crippen LogP contribution in [0.5, 0.6) is 0 Å². The van der Waals surface area contributed by atoms with Gasteiger partial charge in [-0.05, 0) is 25.3 Å². The van der Waals surface area contributed by atoms with Gasteiger partial charge in [-0.15, -0.1) is 0 Å². The van der Waals surface area contributed by atoms with E-state index in [1.54, 1.807) is 0 Å². The number of nitrogens with one attached hydrogen (secondary N) is 1. The predicted octanol–water partition coefficient (Wildman–Crippen LogP) is 1.52. The van der Waals surface area contributed by atoms with Crippen LogP contribution in [0.3, 0.4) is 0 Å². The molecule has 17 heavy (non-hydrogen) atoms. The number of carbonyl (C=O) groups excluding carboxylic acids is 1. The molecule has 0 aromatic carbocycles. The molecule has 1 aliphatic heterocycles. The van der Waals surface area contributed by atoms with Crippen molar-refractivity contribution >= 4 is 5.91 Å². The van der Waals surface area contributed by atoms with Crippen LogP contribution in [0.4, 0.5) is 4.39 Å². The number of pyridine rings is 1. The van der Waals surface area contributed by atoms with E-state index in [2.05, 4.69) is 10.3 Å². The topological polar surface area (TPSA) is 51.2 Å². The molecule has 1 aliphatic rings. The maximum Gasteiger partial charge on any atom is 0.251 e. The minimum Gasteiger partial charge on any atom is -0.376 e. The van der Waals surface area contributed by atoms with Crippen LogP contribution >= 0.6 is 0 Å². The van der Waals surface area contributed by atoms with E-state index in [-0.39, 0.29) is 17.6 Å². The SMILES string of the molecule is O=C(NCC1CCCCO1)c1ccnc(F)c1. The number of carbonyl (C=O) groups is 1. The Morgan fingerprint density at radius 3 is 3.18 bits per heavy atom. The molecule has 1 N–H and O–H groups in total. The molecule has 1 atom stereocenters. The van der Waals surface area contributed by atoms with Gasteiger partial charge in [-0.3, -0.25) is 4.79 Å². The summed E-state index contributed by atoms with van der Waals surface area (Å²) in [7, 11) is 0. The van der Waals surface area contributed by atoms with Crippen LogP contribution < -0.4 is 5.32 Å². The van der Waals surface area contributed by atoms with Gasteiger partial charge >= 0.3 is 0 Å². The molecule has 0 radical (unpaired) electrons. The summed E-state index contributed by atoms with van der Waals surface area (Å²) < 4.78 is 18.3. The monoisotopic (exact) mass is 238 g/mol. The second kappa shape index (κ2) is 5.72. The second-order valence-electron chi connectivity index (χ2n) is 4.07. The normalized spacial score (nSPS) is 19.9. The number of halogens is 1. The van der Waals surface area contributed by atoms with Crippen molar-refractivity contribution in [3.05, 3.63) is 29.8 Å². The lowest BCUT2D eigenvalue weighted by molar-refractivity contribution is 0.0169. The average Bonchev–Trinajstić information content (AvgIpc) is 2.37. The van der Waals surface area contributed by atoms with E-state index in [9.17, 15) is 9.18 Å². The second-order valence-corrected chi connectivity index (χ2v) is 4.07. The number of nitrogens with zero attached hydrogens (tertiary/aromatic N) is 1. The van der Waals surface area contributed by atoms with Crippen LogP contribution in [0.25, 0.3) is 0 Å². The van der Waals surface area contributed by atoms with Crippen LogP contribution in [0, 0.1) is 5.95 Å². The number of hydrogen-bond acceptors (Lipinski definition) is 3. The maximum absolute atomic E-state index is 12.8. The minimum absolute atomic E-state index is 0.0828. The first-order valence-corrected chi connectivity index (χ1v) is 5.77. The molecular weight excluding hydrogens is 223 g/mol. The molecule has 1 aromatic rings. The van der Waals surface area contributed by atoms with Gasteiger partial charge in [0, 0.05) is 31.0 Å². The van der Waals surface area contributed by atoms with E-state index in [0.29, 0.717) is 6.54 Å². The summed E-state index contributed by atoms with van der Waals surface area (Å²) in [5, 5.41) is 2.74. The summed E-state index contributed by atoms with van der Waals surface area (Å²) in [6.07, 6.45) is 4.54. The van der Waals surface area contributed by atoms with Gasteiger partial charge in [-0.1, -0.05) is 0 Å². The predicted molar refractivity (Wildman–Crippen MR) is 60.1 cm³/mol. The summed E-state index contributed by atoms with van der Waals surface area (Å²) in [5.41, 5.74) is 0.285. The summed E-state index contributed by atoms with van der Waals surface area (Å²) in [4.78, 5) is 15.1. The third-order valence-electron chi connectivity index (χ3n) is 2.75. The number of rotatable bonds is 3. The van der Waals surface area contributed by atoms with E-state index in [0.717, 1.165) is 31.9 Å². The molecule has 0 saturated carbocycles. The zero-order valence-corrected chi connectivity index (χ0v) is 9.49. The van der Waals surface area contributed by atoms with Crippen LogP contribution in [-0.4, -0.2) is 30.1 Å². The maximum atomic E-state index is 12.8. The van der Waals surface area contributed by atoms with Gasteiger partial charge in [0.2, 0.25) is 5.95 Å². The molecule has 4 nitrogen and oxygen atoms in total. The van der Waals surface area contributed by atoms with Crippen molar-refractivity contribution in [3.8, 4) is 0 Å². The van der Waals surface area contributed by atoms with Gasteiger partial charge in [-0.2, -0.15) is 4.39 Å². The Morgan fingerprint density at radius 2 is 2.47 bits per heavy atom. The van der Waals surface area contributed by atoms with E-state index < -0.39 is 5.95 Å². The van der Waals surface area contributed by atoms with E-state index in [1.165, 1.54) is 12.3 Å². The molecule has 1 unspecified atom stereocenters. The van der Waals surface area contributed by atoms with Crippen molar-refractivity contribution in [3.63, 3.8) is 0 Å². The lowest BCUT2D eigenvalue weighted by Gasteiger charge is -2.22. The van der Waals surface area contributed by atoms with Crippen LogP contribution in [0.1, 0.15) is 29.6 Å². The van der Waals surface area contributed by atoms with Crippen LogP contribution in [0.15, 0.2) is 18.3 Å². The molecule has 1 fully saturated rings. The Hall–Kier alpha value is -1.49. The molecule has 2 heterocycles. The summed E-state index contributed by atoms with van der Waals surface area (Å²) >= 11 is 0. The van der Waals surface area contributed by atoms with E-state index >= 15 is 0 Å².